The van der Waals surface area contributed by atoms with Gasteiger partial charge in [-0.05, 0) is 6.07 Å². The molecule has 0 aliphatic carbocycles. The van der Waals surface area contributed by atoms with Gasteiger partial charge in [-0.1, -0.05) is 20.8 Å². The summed E-state index contributed by atoms with van der Waals surface area (Å²) in [6.07, 6.45) is 0. The quantitative estimate of drug-likeness (QED) is 0.831. The van der Waals surface area contributed by atoms with Crippen molar-refractivity contribution in [2.75, 3.05) is 0 Å². The van der Waals surface area contributed by atoms with Crippen molar-refractivity contribution in [1.82, 2.24) is 9.78 Å². The molecule has 2 heterocycles. The Morgan fingerprint density at radius 1 is 1.50 bits per heavy atom. The van der Waals surface area contributed by atoms with Crippen LogP contribution < -0.4 is 0 Å². The molecular formula is C11H14N2O2S. The lowest BCUT2D eigenvalue weighted by atomic mass is 9.91. The Bertz CT molecular complexity index is 560. The molecule has 0 aliphatic heterocycles. The molecule has 2 aromatic rings. The Morgan fingerprint density at radius 2 is 2.12 bits per heavy atom. The van der Waals surface area contributed by atoms with Crippen molar-refractivity contribution in [1.29, 1.82) is 0 Å². The molecule has 2 rings (SSSR count). The van der Waals surface area contributed by atoms with Crippen LogP contribution in [0, 0.1) is 0 Å². The molecule has 0 saturated heterocycles. The third-order valence-electron chi connectivity index (χ3n) is 2.43. The smallest absolute Gasteiger partial charge is 0.345 e. The van der Waals surface area contributed by atoms with Gasteiger partial charge >= 0.3 is 5.97 Å². The Morgan fingerprint density at radius 3 is 2.62 bits per heavy atom. The molecule has 0 aliphatic rings. The van der Waals surface area contributed by atoms with Crippen molar-refractivity contribution >= 4 is 27.5 Å². The molecule has 86 valence electrons. The van der Waals surface area contributed by atoms with Gasteiger partial charge < -0.3 is 5.11 Å². The maximum absolute atomic E-state index is 10.9. The number of nitrogens with zero attached hydrogens (tertiary/aromatic N) is 2. The molecule has 0 aromatic carbocycles. The second-order valence-electron chi connectivity index (χ2n) is 4.86. The minimum Gasteiger partial charge on any atom is -0.477 e. The minimum absolute atomic E-state index is 0.0731. The second kappa shape index (κ2) is 3.31. The standard InChI is InChI=1S/C11H14N2O2S/c1-11(2,3)8-6-5-7(10(14)15)16-9(6)13(4)12-8/h5H,1-4H3,(H,14,15). The van der Waals surface area contributed by atoms with E-state index in [1.165, 1.54) is 11.3 Å². The summed E-state index contributed by atoms with van der Waals surface area (Å²) in [6, 6.07) is 1.72. The van der Waals surface area contributed by atoms with E-state index in [0.29, 0.717) is 4.88 Å². The van der Waals surface area contributed by atoms with Crippen molar-refractivity contribution in [3.8, 4) is 0 Å². The predicted molar refractivity (Wildman–Crippen MR) is 64.3 cm³/mol. The number of carboxylic acids is 1. The highest BCUT2D eigenvalue weighted by molar-refractivity contribution is 7.20. The van der Waals surface area contributed by atoms with Gasteiger partial charge in [0.2, 0.25) is 0 Å². The molecule has 0 atom stereocenters. The Balaban J connectivity index is 2.73. The van der Waals surface area contributed by atoms with E-state index in [0.717, 1.165) is 15.9 Å². The van der Waals surface area contributed by atoms with Gasteiger partial charge in [-0.2, -0.15) is 5.10 Å². The van der Waals surface area contributed by atoms with Crippen molar-refractivity contribution in [2.45, 2.75) is 26.2 Å². The largest absolute Gasteiger partial charge is 0.477 e. The summed E-state index contributed by atoms with van der Waals surface area (Å²) in [4.78, 5) is 12.2. The van der Waals surface area contributed by atoms with Gasteiger partial charge in [-0.3, -0.25) is 4.68 Å². The van der Waals surface area contributed by atoms with E-state index in [1.807, 2.05) is 7.05 Å². The van der Waals surface area contributed by atoms with Crippen molar-refractivity contribution in [3.63, 3.8) is 0 Å². The molecule has 0 bridgehead atoms. The molecule has 16 heavy (non-hydrogen) atoms. The normalized spacial score (nSPS) is 12.2. The summed E-state index contributed by atoms with van der Waals surface area (Å²) in [5.74, 6) is -0.874. The molecule has 0 saturated carbocycles. The molecule has 0 spiro atoms. The fourth-order valence-corrected chi connectivity index (χ4v) is 2.61. The minimum atomic E-state index is -0.874. The van der Waals surface area contributed by atoms with Crippen LogP contribution in [0.1, 0.15) is 36.1 Å². The average molecular weight is 238 g/mol. The molecule has 4 nitrogen and oxygen atoms in total. The summed E-state index contributed by atoms with van der Waals surface area (Å²) in [6.45, 7) is 6.23. The third-order valence-corrected chi connectivity index (χ3v) is 3.62. The topological polar surface area (TPSA) is 55.1 Å². The van der Waals surface area contributed by atoms with E-state index in [9.17, 15) is 4.79 Å². The van der Waals surface area contributed by atoms with E-state index in [2.05, 4.69) is 25.9 Å². The molecule has 5 heteroatoms. The number of hydrogen-bond donors (Lipinski definition) is 1. The Labute approximate surface area is 97.5 Å². The van der Waals surface area contributed by atoms with Crippen LogP contribution in [0.3, 0.4) is 0 Å². The molecule has 2 aromatic heterocycles. The van der Waals surface area contributed by atoms with Crippen molar-refractivity contribution in [2.24, 2.45) is 7.05 Å². The highest BCUT2D eigenvalue weighted by Crippen LogP contribution is 2.33. The summed E-state index contributed by atoms with van der Waals surface area (Å²) in [5, 5.41) is 14.4. The zero-order valence-corrected chi connectivity index (χ0v) is 10.6. The highest BCUT2D eigenvalue weighted by Gasteiger charge is 2.24. The average Bonchev–Trinajstić information content (AvgIpc) is 2.65. The number of rotatable bonds is 1. The zero-order valence-electron chi connectivity index (χ0n) is 9.74. The number of aryl methyl sites for hydroxylation is 1. The molecule has 0 radical (unpaired) electrons. The summed E-state index contributed by atoms with van der Waals surface area (Å²) in [7, 11) is 1.85. The zero-order chi connectivity index (χ0) is 12.1. The Hall–Kier alpha value is -1.36. The molecule has 1 N–H and O–H groups in total. The maximum Gasteiger partial charge on any atom is 0.345 e. The number of aromatic nitrogens is 2. The number of thiophene rings is 1. The summed E-state index contributed by atoms with van der Waals surface area (Å²) < 4.78 is 1.76. The molecular weight excluding hydrogens is 224 g/mol. The van der Waals surface area contributed by atoms with Crippen LogP contribution in [0.25, 0.3) is 10.2 Å². The van der Waals surface area contributed by atoms with Crippen LogP contribution in [0.5, 0.6) is 0 Å². The van der Waals surface area contributed by atoms with E-state index < -0.39 is 5.97 Å². The van der Waals surface area contributed by atoms with E-state index in [4.69, 9.17) is 5.11 Å². The van der Waals surface area contributed by atoms with Crippen LogP contribution in [0.4, 0.5) is 0 Å². The lowest BCUT2D eigenvalue weighted by Gasteiger charge is -2.14. The van der Waals surface area contributed by atoms with Gasteiger partial charge in [0.15, 0.2) is 0 Å². The van der Waals surface area contributed by atoms with E-state index >= 15 is 0 Å². The first kappa shape index (κ1) is 11.1. The lowest BCUT2D eigenvalue weighted by molar-refractivity contribution is 0.0702. The third kappa shape index (κ3) is 1.61. The predicted octanol–water partition coefficient (Wildman–Crippen LogP) is 2.63. The SMILES string of the molecule is Cn1nc(C(C)(C)C)c2cc(C(=O)O)sc21. The van der Waals surface area contributed by atoms with Gasteiger partial charge in [0.05, 0.1) is 5.69 Å². The lowest BCUT2D eigenvalue weighted by Crippen LogP contribution is -2.12. The number of fused-ring (bicyclic) bond motifs is 1. The van der Waals surface area contributed by atoms with E-state index in [1.54, 1.807) is 10.7 Å². The monoisotopic (exact) mass is 238 g/mol. The van der Waals surface area contributed by atoms with Gasteiger partial charge in [-0.15, -0.1) is 11.3 Å². The van der Waals surface area contributed by atoms with Gasteiger partial charge in [0, 0.05) is 17.8 Å². The summed E-state index contributed by atoms with van der Waals surface area (Å²) >= 11 is 1.27. The number of hydrogen-bond acceptors (Lipinski definition) is 3. The van der Waals surface area contributed by atoms with Crippen molar-refractivity contribution < 1.29 is 9.90 Å². The van der Waals surface area contributed by atoms with Gasteiger partial charge in [-0.25, -0.2) is 4.79 Å². The first-order valence-corrected chi connectivity index (χ1v) is 5.82. The summed E-state index contributed by atoms with van der Waals surface area (Å²) in [5.41, 5.74) is 0.879. The van der Waals surface area contributed by atoms with Crippen LogP contribution >= 0.6 is 11.3 Å². The number of carbonyl (C=O) groups is 1. The highest BCUT2D eigenvalue weighted by atomic mass is 32.1. The van der Waals surface area contributed by atoms with Crippen LogP contribution in [0.15, 0.2) is 6.07 Å². The Kier molecular flexibility index (Phi) is 2.31. The molecule has 0 fully saturated rings. The molecule has 0 amide bonds. The maximum atomic E-state index is 10.9. The second-order valence-corrected chi connectivity index (χ2v) is 5.89. The fraction of sp³-hybridized carbons (Fsp3) is 0.455. The number of carboxylic acid groups (broad SMARTS) is 1. The van der Waals surface area contributed by atoms with Crippen molar-refractivity contribution in [3.05, 3.63) is 16.6 Å². The van der Waals surface area contributed by atoms with Gasteiger partial charge in [0.25, 0.3) is 0 Å². The first-order valence-electron chi connectivity index (χ1n) is 5.01. The van der Waals surface area contributed by atoms with Crippen LogP contribution in [-0.2, 0) is 12.5 Å². The van der Waals surface area contributed by atoms with Gasteiger partial charge in [0.1, 0.15) is 9.71 Å². The van der Waals surface area contributed by atoms with Crippen LogP contribution in [-0.4, -0.2) is 20.9 Å². The molecule has 0 unspecified atom stereocenters. The van der Waals surface area contributed by atoms with Crippen LogP contribution in [0.2, 0.25) is 0 Å². The number of aromatic carboxylic acids is 1. The first-order chi connectivity index (χ1) is 7.30. The van der Waals surface area contributed by atoms with E-state index in [-0.39, 0.29) is 5.41 Å². The fourth-order valence-electron chi connectivity index (χ4n) is 1.70.